The first-order valence-corrected chi connectivity index (χ1v) is 9.33. The molecule has 0 aliphatic carbocycles. The van der Waals surface area contributed by atoms with Gasteiger partial charge in [-0.3, -0.25) is 19.8 Å². The third-order valence-corrected chi connectivity index (χ3v) is 5.04. The van der Waals surface area contributed by atoms with Gasteiger partial charge in [-0.2, -0.15) is 13.2 Å². The summed E-state index contributed by atoms with van der Waals surface area (Å²) in [5.74, 6) is -0.417. The summed E-state index contributed by atoms with van der Waals surface area (Å²) in [5.41, 5.74) is 0.566. The number of hydrogen-bond donors (Lipinski definition) is 1. The van der Waals surface area contributed by atoms with E-state index in [0.717, 1.165) is 12.1 Å². The molecule has 10 heteroatoms. The van der Waals surface area contributed by atoms with Crippen molar-refractivity contribution in [2.45, 2.75) is 12.7 Å². The number of hydrogen-bond acceptors (Lipinski definition) is 5. The minimum atomic E-state index is -4.37. The summed E-state index contributed by atoms with van der Waals surface area (Å²) in [7, 11) is 1.46. The lowest BCUT2D eigenvalue weighted by molar-refractivity contribution is -0.384. The first kappa shape index (κ1) is 21.6. The highest BCUT2D eigenvalue weighted by Gasteiger charge is 2.30. The molecule has 0 atom stereocenters. The second kappa shape index (κ2) is 8.70. The van der Waals surface area contributed by atoms with Gasteiger partial charge >= 0.3 is 6.18 Å². The Bertz CT molecular complexity index is 941. The first-order valence-electron chi connectivity index (χ1n) is 9.33. The Morgan fingerprint density at radius 1 is 1.13 bits per heavy atom. The summed E-state index contributed by atoms with van der Waals surface area (Å²) in [6, 6.07) is 9.45. The lowest BCUT2D eigenvalue weighted by Crippen LogP contribution is -2.46. The number of amides is 1. The number of piperazine rings is 1. The second-order valence-corrected chi connectivity index (χ2v) is 7.00. The summed E-state index contributed by atoms with van der Waals surface area (Å²) in [6.07, 6.45) is -4.37. The minimum Gasteiger partial charge on any atom is -0.368 e. The van der Waals surface area contributed by atoms with Gasteiger partial charge < -0.3 is 10.2 Å². The number of nitrogens with zero attached hydrogens (tertiary/aromatic N) is 3. The summed E-state index contributed by atoms with van der Waals surface area (Å²) in [6.45, 7) is 2.64. The summed E-state index contributed by atoms with van der Waals surface area (Å²) in [5, 5.41) is 13.5. The Labute approximate surface area is 171 Å². The Morgan fingerprint density at radius 2 is 1.83 bits per heavy atom. The molecule has 1 fully saturated rings. The zero-order valence-corrected chi connectivity index (χ0v) is 16.3. The summed E-state index contributed by atoms with van der Waals surface area (Å²) in [4.78, 5) is 26.7. The van der Waals surface area contributed by atoms with E-state index in [4.69, 9.17) is 0 Å². The van der Waals surface area contributed by atoms with Crippen LogP contribution in [0.5, 0.6) is 0 Å². The van der Waals surface area contributed by atoms with Crippen LogP contribution in [0.4, 0.5) is 24.5 Å². The number of rotatable bonds is 5. The maximum absolute atomic E-state index is 12.9. The van der Waals surface area contributed by atoms with E-state index in [1.54, 1.807) is 12.1 Å². The number of anilines is 1. The average molecular weight is 422 g/mol. The van der Waals surface area contributed by atoms with Crippen molar-refractivity contribution in [2.75, 3.05) is 38.1 Å². The molecule has 7 nitrogen and oxygen atoms in total. The molecule has 3 rings (SSSR count). The molecule has 0 spiro atoms. The maximum Gasteiger partial charge on any atom is 0.416 e. The number of halogens is 3. The fraction of sp³-hybridized carbons (Fsp3) is 0.350. The van der Waals surface area contributed by atoms with Crippen LogP contribution in [0.3, 0.4) is 0 Å². The number of non-ortho nitro benzene ring substituents is 1. The van der Waals surface area contributed by atoms with Gasteiger partial charge in [0.2, 0.25) is 0 Å². The number of nitro groups is 1. The Balaban J connectivity index is 1.70. The van der Waals surface area contributed by atoms with E-state index in [2.05, 4.69) is 5.32 Å². The number of benzene rings is 2. The van der Waals surface area contributed by atoms with Crippen LogP contribution < -0.4 is 10.2 Å². The zero-order valence-electron chi connectivity index (χ0n) is 16.3. The molecule has 0 bridgehead atoms. The molecule has 0 saturated carbocycles. The van der Waals surface area contributed by atoms with Crippen molar-refractivity contribution in [1.82, 2.24) is 10.2 Å². The number of carbonyl (C=O) groups is 1. The van der Waals surface area contributed by atoms with Crippen LogP contribution in [0.1, 0.15) is 21.5 Å². The molecule has 0 aromatic heterocycles. The van der Waals surface area contributed by atoms with Gasteiger partial charge in [-0.1, -0.05) is 18.2 Å². The van der Waals surface area contributed by atoms with Crippen molar-refractivity contribution in [1.29, 1.82) is 0 Å². The largest absolute Gasteiger partial charge is 0.416 e. The third-order valence-electron chi connectivity index (χ3n) is 5.04. The highest BCUT2D eigenvalue weighted by molar-refractivity contribution is 6.00. The van der Waals surface area contributed by atoms with Crippen molar-refractivity contribution in [3.8, 4) is 0 Å². The van der Waals surface area contributed by atoms with Gasteiger partial charge in [0.15, 0.2) is 0 Å². The van der Waals surface area contributed by atoms with Crippen LogP contribution in [-0.2, 0) is 12.7 Å². The molecule has 0 radical (unpaired) electrons. The maximum atomic E-state index is 12.9. The predicted octanol–water partition coefficient (Wildman–Crippen LogP) is 3.30. The van der Waals surface area contributed by atoms with E-state index in [-0.39, 0.29) is 11.3 Å². The van der Waals surface area contributed by atoms with Crippen molar-refractivity contribution in [2.24, 2.45) is 0 Å². The standard InChI is InChI=1S/C20H21F3N4O3/c1-24-19(28)17-12-16(27(29)30)5-6-18(17)26-9-7-25(8-10-26)13-14-3-2-4-15(11-14)20(21,22)23/h2-6,11-12H,7-10,13H2,1H3,(H,24,28). The van der Waals surface area contributed by atoms with Gasteiger partial charge in [0.25, 0.3) is 11.6 Å². The fourth-order valence-electron chi connectivity index (χ4n) is 3.48. The molecular formula is C20H21F3N4O3. The molecule has 1 aliphatic rings. The molecule has 160 valence electrons. The number of nitro benzene ring substituents is 1. The topological polar surface area (TPSA) is 78.7 Å². The quantitative estimate of drug-likeness (QED) is 0.591. The first-order chi connectivity index (χ1) is 14.2. The molecular weight excluding hydrogens is 401 g/mol. The SMILES string of the molecule is CNC(=O)c1cc([N+](=O)[O-])ccc1N1CCN(Cc2cccc(C(F)(F)F)c2)CC1. The van der Waals surface area contributed by atoms with Gasteiger partial charge in [-0.05, 0) is 17.7 Å². The second-order valence-electron chi connectivity index (χ2n) is 7.00. The van der Waals surface area contributed by atoms with E-state index in [1.165, 1.54) is 25.2 Å². The lowest BCUT2D eigenvalue weighted by atomic mass is 10.1. The average Bonchev–Trinajstić information content (AvgIpc) is 2.73. The molecule has 30 heavy (non-hydrogen) atoms. The van der Waals surface area contributed by atoms with E-state index in [1.807, 2.05) is 9.80 Å². The van der Waals surface area contributed by atoms with E-state index < -0.39 is 22.6 Å². The van der Waals surface area contributed by atoms with E-state index >= 15 is 0 Å². The number of alkyl halides is 3. The Hall–Kier alpha value is -3.14. The van der Waals surface area contributed by atoms with E-state index in [9.17, 15) is 28.1 Å². The molecule has 0 unspecified atom stereocenters. The molecule has 2 aromatic rings. The highest BCUT2D eigenvalue weighted by atomic mass is 19.4. The predicted molar refractivity (Wildman–Crippen MR) is 105 cm³/mol. The van der Waals surface area contributed by atoms with E-state index in [0.29, 0.717) is 44.0 Å². The van der Waals surface area contributed by atoms with Gasteiger partial charge in [0.05, 0.1) is 21.7 Å². The molecule has 1 heterocycles. The minimum absolute atomic E-state index is 0.166. The molecule has 1 amide bonds. The van der Waals surface area contributed by atoms with Crippen LogP contribution in [-0.4, -0.2) is 49.0 Å². The van der Waals surface area contributed by atoms with Crippen LogP contribution in [0.2, 0.25) is 0 Å². The van der Waals surface area contributed by atoms with Crippen molar-refractivity contribution >= 4 is 17.3 Å². The summed E-state index contributed by atoms with van der Waals surface area (Å²) >= 11 is 0. The number of nitrogens with one attached hydrogen (secondary N) is 1. The molecule has 2 aromatic carbocycles. The van der Waals surface area contributed by atoms with Gasteiger partial charge in [-0.25, -0.2) is 0 Å². The lowest BCUT2D eigenvalue weighted by Gasteiger charge is -2.36. The Kier molecular flexibility index (Phi) is 6.25. The van der Waals surface area contributed by atoms with Gasteiger partial charge in [0, 0.05) is 51.9 Å². The van der Waals surface area contributed by atoms with Crippen molar-refractivity contribution < 1.29 is 22.9 Å². The summed E-state index contributed by atoms with van der Waals surface area (Å²) < 4.78 is 38.7. The number of carbonyl (C=O) groups excluding carboxylic acids is 1. The van der Waals surface area contributed by atoms with Gasteiger partial charge in [-0.15, -0.1) is 0 Å². The monoisotopic (exact) mass is 422 g/mol. The Morgan fingerprint density at radius 3 is 2.43 bits per heavy atom. The fourth-order valence-corrected chi connectivity index (χ4v) is 3.48. The normalized spacial score (nSPS) is 15.1. The smallest absolute Gasteiger partial charge is 0.368 e. The van der Waals surface area contributed by atoms with Crippen LogP contribution in [0.25, 0.3) is 0 Å². The zero-order chi connectivity index (χ0) is 21.9. The van der Waals surface area contributed by atoms with Crippen LogP contribution >= 0.6 is 0 Å². The van der Waals surface area contributed by atoms with Crippen LogP contribution in [0, 0.1) is 10.1 Å². The van der Waals surface area contributed by atoms with Gasteiger partial charge in [0.1, 0.15) is 0 Å². The third kappa shape index (κ3) is 4.88. The molecule has 1 saturated heterocycles. The molecule has 1 N–H and O–H groups in total. The highest BCUT2D eigenvalue weighted by Crippen LogP contribution is 2.30. The molecule has 1 aliphatic heterocycles. The van der Waals surface area contributed by atoms with Crippen molar-refractivity contribution in [3.63, 3.8) is 0 Å². The van der Waals surface area contributed by atoms with Crippen molar-refractivity contribution in [3.05, 3.63) is 69.3 Å². The van der Waals surface area contributed by atoms with Crippen LogP contribution in [0.15, 0.2) is 42.5 Å².